The van der Waals surface area contributed by atoms with Crippen LogP contribution in [-0.2, 0) is 0 Å². The van der Waals surface area contributed by atoms with E-state index in [-0.39, 0.29) is 11.4 Å². The third kappa shape index (κ3) is 1.42. The van der Waals surface area contributed by atoms with Crippen LogP contribution >= 0.6 is 0 Å². The second-order valence-corrected chi connectivity index (χ2v) is 4.10. The van der Waals surface area contributed by atoms with Crippen molar-refractivity contribution in [1.29, 1.82) is 5.26 Å². The predicted octanol–water partition coefficient (Wildman–Crippen LogP) is 1.62. The van der Waals surface area contributed by atoms with Crippen LogP contribution in [0, 0.1) is 28.8 Å². The van der Waals surface area contributed by atoms with Crippen molar-refractivity contribution in [2.24, 2.45) is 0 Å². The molecule has 2 aliphatic heterocycles. The molecule has 0 bridgehead atoms. The Kier molecular flexibility index (Phi) is 1.99. The quantitative estimate of drug-likeness (QED) is 0.580. The molecule has 0 saturated carbocycles. The molecular weight excluding hydrogens is 231 g/mol. The molecule has 2 heterocycles. The lowest BCUT2D eigenvalue weighted by Gasteiger charge is -2.14. The Morgan fingerprint density at radius 1 is 0.824 bits per heavy atom. The number of anilines is 2. The Morgan fingerprint density at radius 2 is 1.35 bits per heavy atom. The smallest absolute Gasteiger partial charge is 0.186 e. The summed E-state index contributed by atoms with van der Waals surface area (Å²) in [5.74, 6) is -3.34. The predicted molar refractivity (Wildman–Crippen MR) is 55.5 cm³/mol. The van der Waals surface area contributed by atoms with Gasteiger partial charge in [-0.05, 0) is 0 Å². The SMILES string of the molecule is N#Cc1c(F)c(F)c(N2CC2)c(F)c1N1CC1. The number of hydrogen-bond acceptors (Lipinski definition) is 3. The third-order valence-electron chi connectivity index (χ3n) is 2.91. The van der Waals surface area contributed by atoms with Gasteiger partial charge in [0.25, 0.3) is 0 Å². The average molecular weight is 239 g/mol. The summed E-state index contributed by atoms with van der Waals surface area (Å²) in [6.07, 6.45) is 0. The maximum Gasteiger partial charge on any atom is 0.186 e. The van der Waals surface area contributed by atoms with E-state index in [1.165, 1.54) is 15.9 Å². The lowest BCUT2D eigenvalue weighted by molar-refractivity contribution is 0.496. The van der Waals surface area contributed by atoms with Gasteiger partial charge < -0.3 is 9.80 Å². The van der Waals surface area contributed by atoms with E-state index in [9.17, 15) is 13.2 Å². The van der Waals surface area contributed by atoms with Gasteiger partial charge in [0.2, 0.25) is 0 Å². The molecule has 2 aliphatic rings. The molecule has 0 amide bonds. The van der Waals surface area contributed by atoms with Gasteiger partial charge in [-0.25, -0.2) is 13.2 Å². The number of benzene rings is 1. The number of halogens is 3. The highest BCUT2D eigenvalue weighted by atomic mass is 19.2. The molecule has 2 fully saturated rings. The number of rotatable bonds is 2. The molecule has 0 aromatic heterocycles. The molecule has 0 atom stereocenters. The van der Waals surface area contributed by atoms with Crippen molar-refractivity contribution in [3.63, 3.8) is 0 Å². The van der Waals surface area contributed by atoms with Crippen LogP contribution in [0.3, 0.4) is 0 Å². The van der Waals surface area contributed by atoms with Gasteiger partial charge >= 0.3 is 0 Å². The van der Waals surface area contributed by atoms with E-state index in [2.05, 4.69) is 0 Å². The summed E-state index contributed by atoms with van der Waals surface area (Å²) in [4.78, 5) is 2.92. The summed E-state index contributed by atoms with van der Waals surface area (Å²) < 4.78 is 41.4. The summed E-state index contributed by atoms with van der Waals surface area (Å²) >= 11 is 0. The molecule has 0 unspecified atom stereocenters. The van der Waals surface area contributed by atoms with E-state index in [1.807, 2.05) is 0 Å². The largest absolute Gasteiger partial charge is 0.364 e. The summed E-state index contributed by atoms with van der Waals surface area (Å²) in [5.41, 5.74) is -0.986. The van der Waals surface area contributed by atoms with Gasteiger partial charge in [-0.1, -0.05) is 0 Å². The van der Waals surface area contributed by atoms with Crippen LogP contribution in [0.2, 0.25) is 0 Å². The van der Waals surface area contributed by atoms with Crippen LogP contribution in [0.5, 0.6) is 0 Å². The van der Waals surface area contributed by atoms with Gasteiger partial charge in [-0.15, -0.1) is 0 Å². The van der Waals surface area contributed by atoms with E-state index in [0.29, 0.717) is 26.2 Å². The number of nitrogens with zero attached hydrogens (tertiary/aromatic N) is 3. The third-order valence-corrected chi connectivity index (χ3v) is 2.91. The molecule has 0 aliphatic carbocycles. The normalized spacial score (nSPS) is 17.1. The minimum Gasteiger partial charge on any atom is -0.364 e. The maximum absolute atomic E-state index is 14.1. The van der Waals surface area contributed by atoms with Crippen LogP contribution < -0.4 is 9.80 Å². The molecule has 1 aromatic carbocycles. The van der Waals surface area contributed by atoms with E-state index >= 15 is 0 Å². The van der Waals surface area contributed by atoms with Gasteiger partial charge in [0.15, 0.2) is 17.5 Å². The first-order chi connectivity index (χ1) is 8.15. The van der Waals surface area contributed by atoms with Crippen molar-refractivity contribution in [2.75, 3.05) is 36.0 Å². The molecule has 3 nitrogen and oxygen atoms in total. The van der Waals surface area contributed by atoms with E-state index in [1.54, 1.807) is 0 Å². The van der Waals surface area contributed by atoms with E-state index in [4.69, 9.17) is 5.26 Å². The Bertz CT molecular complexity index is 542. The molecule has 6 heteroatoms. The average Bonchev–Trinajstić information content (AvgIpc) is 3.13. The lowest BCUT2D eigenvalue weighted by Crippen LogP contribution is -2.09. The molecule has 0 spiro atoms. The molecular formula is C11H8F3N3. The van der Waals surface area contributed by atoms with Crippen molar-refractivity contribution in [3.05, 3.63) is 23.0 Å². The minimum absolute atomic E-state index is 0.103. The Morgan fingerprint density at radius 3 is 1.82 bits per heavy atom. The minimum atomic E-state index is -1.26. The summed E-state index contributed by atoms with van der Waals surface area (Å²) in [5, 5.41) is 8.81. The van der Waals surface area contributed by atoms with Gasteiger partial charge in [-0.3, -0.25) is 0 Å². The second-order valence-electron chi connectivity index (χ2n) is 4.10. The van der Waals surface area contributed by atoms with E-state index < -0.39 is 23.0 Å². The van der Waals surface area contributed by atoms with Gasteiger partial charge in [-0.2, -0.15) is 5.26 Å². The summed E-state index contributed by atoms with van der Waals surface area (Å²) in [6.45, 7) is 2.16. The topological polar surface area (TPSA) is 29.8 Å². The van der Waals surface area contributed by atoms with Crippen LogP contribution in [0.4, 0.5) is 24.5 Å². The number of hydrogen-bond donors (Lipinski definition) is 0. The first-order valence-corrected chi connectivity index (χ1v) is 5.25. The molecule has 1 aromatic rings. The van der Waals surface area contributed by atoms with Gasteiger partial charge in [0.1, 0.15) is 17.3 Å². The first kappa shape index (κ1) is 10.3. The van der Waals surface area contributed by atoms with Crippen LogP contribution in [0.15, 0.2) is 0 Å². The molecule has 17 heavy (non-hydrogen) atoms. The highest BCUT2D eigenvalue weighted by Crippen LogP contribution is 2.40. The second kappa shape index (κ2) is 3.29. The van der Waals surface area contributed by atoms with Crippen LogP contribution in [0.1, 0.15) is 5.56 Å². The van der Waals surface area contributed by atoms with Crippen molar-refractivity contribution >= 4 is 11.4 Å². The molecule has 0 N–H and O–H groups in total. The van der Waals surface area contributed by atoms with Gasteiger partial charge in [0.05, 0.1) is 5.69 Å². The maximum atomic E-state index is 14.1. The standard InChI is InChI=1S/C11H8F3N3/c12-7-6(5-15)10(16-1-2-16)9(14)11(8(7)13)17-3-4-17/h1-4H2. The zero-order valence-corrected chi connectivity index (χ0v) is 8.80. The highest BCUT2D eigenvalue weighted by molar-refractivity contribution is 5.73. The van der Waals surface area contributed by atoms with Crippen molar-refractivity contribution in [3.8, 4) is 6.07 Å². The van der Waals surface area contributed by atoms with Gasteiger partial charge in [0, 0.05) is 26.2 Å². The molecule has 3 rings (SSSR count). The molecule has 2 saturated heterocycles. The molecule has 88 valence electrons. The fraction of sp³-hybridized carbons (Fsp3) is 0.364. The zero-order valence-electron chi connectivity index (χ0n) is 8.80. The van der Waals surface area contributed by atoms with E-state index in [0.717, 1.165) is 0 Å². The molecule has 0 radical (unpaired) electrons. The Labute approximate surface area is 95.7 Å². The Hall–Kier alpha value is -1.90. The van der Waals surface area contributed by atoms with Crippen LogP contribution in [-0.4, -0.2) is 26.2 Å². The first-order valence-electron chi connectivity index (χ1n) is 5.25. The Balaban J connectivity index is 2.28. The summed E-state index contributed by atoms with van der Waals surface area (Å²) in [7, 11) is 0. The fourth-order valence-electron chi connectivity index (χ4n) is 1.86. The van der Waals surface area contributed by atoms with Crippen molar-refractivity contribution in [1.82, 2.24) is 0 Å². The van der Waals surface area contributed by atoms with Crippen LogP contribution in [0.25, 0.3) is 0 Å². The van der Waals surface area contributed by atoms with Crippen molar-refractivity contribution in [2.45, 2.75) is 0 Å². The van der Waals surface area contributed by atoms with Crippen molar-refractivity contribution < 1.29 is 13.2 Å². The fourth-order valence-corrected chi connectivity index (χ4v) is 1.86. The lowest BCUT2D eigenvalue weighted by atomic mass is 10.1. The summed E-state index contributed by atoms with van der Waals surface area (Å²) in [6, 6.07) is 1.54. The zero-order chi connectivity index (χ0) is 12.2. The monoisotopic (exact) mass is 239 g/mol. The number of nitriles is 1. The highest BCUT2D eigenvalue weighted by Gasteiger charge is 2.36.